The number of likely N-dealkylation sites (tertiary alicyclic amines) is 1. The SMILES string of the molecule is CCCN1CCC(N(C)C(=O)c2cc(N)ccc2F)CC1. The van der Waals surface area contributed by atoms with Crippen LogP contribution in [0.4, 0.5) is 10.1 Å². The van der Waals surface area contributed by atoms with E-state index in [0.717, 1.165) is 38.9 Å². The van der Waals surface area contributed by atoms with Gasteiger partial charge in [-0.05, 0) is 44.0 Å². The number of halogens is 1. The number of amides is 1. The average Bonchev–Trinajstić information content (AvgIpc) is 2.49. The Morgan fingerprint density at radius 1 is 1.43 bits per heavy atom. The molecule has 0 atom stereocenters. The van der Waals surface area contributed by atoms with Crippen molar-refractivity contribution in [3.05, 3.63) is 29.6 Å². The first kappa shape index (κ1) is 15.8. The molecule has 0 radical (unpaired) electrons. The summed E-state index contributed by atoms with van der Waals surface area (Å²) in [4.78, 5) is 16.5. The molecule has 1 fully saturated rings. The zero-order chi connectivity index (χ0) is 15.4. The maximum atomic E-state index is 13.8. The van der Waals surface area contributed by atoms with Crippen molar-refractivity contribution in [2.75, 3.05) is 32.4 Å². The van der Waals surface area contributed by atoms with Crippen LogP contribution >= 0.6 is 0 Å². The van der Waals surface area contributed by atoms with Crippen molar-refractivity contribution in [2.45, 2.75) is 32.2 Å². The first-order valence-corrected chi connectivity index (χ1v) is 7.57. The van der Waals surface area contributed by atoms with E-state index in [0.29, 0.717) is 5.69 Å². The Kier molecular flexibility index (Phi) is 5.17. The summed E-state index contributed by atoms with van der Waals surface area (Å²) in [5.74, 6) is -0.793. The van der Waals surface area contributed by atoms with Crippen LogP contribution in [0.2, 0.25) is 0 Å². The topological polar surface area (TPSA) is 49.6 Å². The molecule has 1 saturated heterocycles. The van der Waals surface area contributed by atoms with Crippen molar-refractivity contribution >= 4 is 11.6 Å². The molecule has 1 amide bonds. The molecular formula is C16H24FN3O. The van der Waals surface area contributed by atoms with Gasteiger partial charge in [0, 0.05) is 31.9 Å². The highest BCUT2D eigenvalue weighted by atomic mass is 19.1. The maximum absolute atomic E-state index is 13.8. The number of hydrogen-bond acceptors (Lipinski definition) is 3. The van der Waals surface area contributed by atoms with Gasteiger partial charge in [0.1, 0.15) is 5.82 Å². The fourth-order valence-electron chi connectivity index (χ4n) is 2.91. The molecule has 2 N–H and O–H groups in total. The number of carbonyl (C=O) groups is 1. The molecular weight excluding hydrogens is 269 g/mol. The minimum Gasteiger partial charge on any atom is -0.399 e. The second-order valence-electron chi connectivity index (χ2n) is 5.73. The Balaban J connectivity index is 2.01. The molecule has 0 bridgehead atoms. The predicted octanol–water partition coefficient (Wildman–Crippen LogP) is 2.35. The van der Waals surface area contributed by atoms with E-state index in [1.54, 1.807) is 11.9 Å². The lowest BCUT2D eigenvalue weighted by Gasteiger charge is -2.36. The van der Waals surface area contributed by atoms with Gasteiger partial charge >= 0.3 is 0 Å². The third-order valence-corrected chi connectivity index (χ3v) is 4.19. The highest BCUT2D eigenvalue weighted by Gasteiger charge is 2.27. The molecule has 1 aromatic carbocycles. The molecule has 116 valence electrons. The second-order valence-corrected chi connectivity index (χ2v) is 5.73. The third-order valence-electron chi connectivity index (χ3n) is 4.19. The molecule has 0 aliphatic carbocycles. The number of nitrogens with zero attached hydrogens (tertiary/aromatic N) is 2. The minimum absolute atomic E-state index is 0.0634. The van der Waals surface area contributed by atoms with Crippen molar-refractivity contribution in [3.8, 4) is 0 Å². The number of piperidine rings is 1. The molecule has 5 heteroatoms. The monoisotopic (exact) mass is 293 g/mol. The van der Waals surface area contributed by atoms with Crippen molar-refractivity contribution in [2.24, 2.45) is 0 Å². The molecule has 2 rings (SSSR count). The minimum atomic E-state index is -0.510. The summed E-state index contributed by atoms with van der Waals surface area (Å²) in [6, 6.07) is 4.31. The largest absolute Gasteiger partial charge is 0.399 e. The third kappa shape index (κ3) is 3.73. The highest BCUT2D eigenvalue weighted by Crippen LogP contribution is 2.20. The number of hydrogen-bond donors (Lipinski definition) is 1. The predicted molar refractivity (Wildman–Crippen MR) is 82.7 cm³/mol. The Labute approximate surface area is 125 Å². The number of nitrogen functional groups attached to an aromatic ring is 1. The van der Waals surface area contributed by atoms with Crippen LogP contribution in [-0.4, -0.2) is 48.4 Å². The van der Waals surface area contributed by atoms with Crippen LogP contribution in [0.25, 0.3) is 0 Å². The number of rotatable bonds is 4. The molecule has 4 nitrogen and oxygen atoms in total. The summed E-state index contributed by atoms with van der Waals surface area (Å²) in [6.45, 7) is 5.27. The lowest BCUT2D eigenvalue weighted by molar-refractivity contribution is 0.0638. The Morgan fingerprint density at radius 2 is 2.10 bits per heavy atom. The van der Waals surface area contributed by atoms with E-state index in [1.807, 2.05) is 0 Å². The van der Waals surface area contributed by atoms with Crippen LogP contribution < -0.4 is 5.73 Å². The van der Waals surface area contributed by atoms with Crippen molar-refractivity contribution < 1.29 is 9.18 Å². The summed E-state index contributed by atoms with van der Waals surface area (Å²) in [6.07, 6.45) is 3.02. The van der Waals surface area contributed by atoms with E-state index < -0.39 is 5.82 Å². The molecule has 0 saturated carbocycles. The van der Waals surface area contributed by atoms with Gasteiger partial charge in [-0.15, -0.1) is 0 Å². The van der Waals surface area contributed by atoms with Gasteiger partial charge in [-0.25, -0.2) is 4.39 Å². The first-order valence-electron chi connectivity index (χ1n) is 7.57. The Bertz CT molecular complexity index is 498. The molecule has 1 aromatic rings. The first-order chi connectivity index (χ1) is 10.0. The molecule has 21 heavy (non-hydrogen) atoms. The van der Waals surface area contributed by atoms with Gasteiger partial charge in [0.15, 0.2) is 0 Å². The summed E-state index contributed by atoms with van der Waals surface area (Å²) in [5.41, 5.74) is 6.12. The van der Waals surface area contributed by atoms with E-state index in [4.69, 9.17) is 5.73 Å². The van der Waals surface area contributed by atoms with Crippen molar-refractivity contribution in [1.82, 2.24) is 9.80 Å². The molecule has 1 aliphatic rings. The Morgan fingerprint density at radius 3 is 2.71 bits per heavy atom. The molecule has 0 aromatic heterocycles. The van der Waals surface area contributed by atoms with E-state index in [1.165, 1.54) is 18.2 Å². The molecule has 0 spiro atoms. The lowest BCUT2D eigenvalue weighted by atomic mass is 10.0. The summed E-state index contributed by atoms with van der Waals surface area (Å²) in [7, 11) is 1.76. The molecule has 0 unspecified atom stereocenters. The average molecular weight is 293 g/mol. The van der Waals surface area contributed by atoms with Gasteiger partial charge in [-0.3, -0.25) is 4.79 Å². The quantitative estimate of drug-likeness (QED) is 0.867. The second kappa shape index (κ2) is 6.89. The van der Waals surface area contributed by atoms with Crippen LogP contribution in [0.5, 0.6) is 0 Å². The van der Waals surface area contributed by atoms with Gasteiger partial charge in [0.2, 0.25) is 0 Å². The zero-order valence-corrected chi connectivity index (χ0v) is 12.8. The highest BCUT2D eigenvalue weighted by molar-refractivity contribution is 5.95. The summed E-state index contributed by atoms with van der Waals surface area (Å²) in [5, 5.41) is 0. The maximum Gasteiger partial charge on any atom is 0.256 e. The van der Waals surface area contributed by atoms with Gasteiger partial charge in [0.05, 0.1) is 5.56 Å². The lowest BCUT2D eigenvalue weighted by Crippen LogP contribution is -2.45. The van der Waals surface area contributed by atoms with Gasteiger partial charge in [-0.2, -0.15) is 0 Å². The van der Waals surface area contributed by atoms with E-state index in [-0.39, 0.29) is 17.5 Å². The fraction of sp³-hybridized carbons (Fsp3) is 0.562. The number of benzene rings is 1. The zero-order valence-electron chi connectivity index (χ0n) is 12.8. The van der Waals surface area contributed by atoms with Crippen LogP contribution in [0.1, 0.15) is 36.5 Å². The number of nitrogens with two attached hydrogens (primary N) is 1. The Hall–Kier alpha value is -1.62. The fourth-order valence-corrected chi connectivity index (χ4v) is 2.91. The number of carbonyl (C=O) groups excluding carboxylic acids is 1. The van der Waals surface area contributed by atoms with E-state index in [9.17, 15) is 9.18 Å². The van der Waals surface area contributed by atoms with Crippen LogP contribution in [0.3, 0.4) is 0 Å². The van der Waals surface area contributed by atoms with E-state index >= 15 is 0 Å². The van der Waals surface area contributed by atoms with Crippen LogP contribution in [-0.2, 0) is 0 Å². The van der Waals surface area contributed by atoms with Crippen LogP contribution in [0, 0.1) is 5.82 Å². The van der Waals surface area contributed by atoms with Gasteiger partial charge in [-0.1, -0.05) is 6.92 Å². The molecule has 1 aliphatic heterocycles. The van der Waals surface area contributed by atoms with Gasteiger partial charge < -0.3 is 15.5 Å². The molecule has 1 heterocycles. The van der Waals surface area contributed by atoms with E-state index in [2.05, 4.69) is 11.8 Å². The normalized spacial score (nSPS) is 16.9. The number of anilines is 1. The smallest absolute Gasteiger partial charge is 0.256 e. The standard InChI is InChI=1S/C16H24FN3O/c1-3-8-20-9-6-13(7-10-20)19(2)16(21)14-11-12(18)4-5-15(14)17/h4-5,11,13H,3,6-10,18H2,1-2H3. The summed E-state index contributed by atoms with van der Waals surface area (Å²) >= 11 is 0. The summed E-state index contributed by atoms with van der Waals surface area (Å²) < 4.78 is 13.8. The van der Waals surface area contributed by atoms with Crippen molar-refractivity contribution in [3.63, 3.8) is 0 Å². The van der Waals surface area contributed by atoms with Crippen LogP contribution in [0.15, 0.2) is 18.2 Å². The van der Waals surface area contributed by atoms with Gasteiger partial charge in [0.25, 0.3) is 5.91 Å². The van der Waals surface area contributed by atoms with Crippen molar-refractivity contribution in [1.29, 1.82) is 0 Å².